The van der Waals surface area contributed by atoms with E-state index in [1.807, 2.05) is 71.9 Å². The Morgan fingerprint density at radius 3 is 2.06 bits per heavy atom. The number of carbonyl (C=O) groups is 1. The molecule has 0 fully saturated rings. The van der Waals surface area contributed by atoms with Crippen LogP contribution in [-0.4, -0.2) is 31.5 Å². The van der Waals surface area contributed by atoms with E-state index in [0.29, 0.717) is 12.4 Å². The van der Waals surface area contributed by atoms with E-state index >= 15 is 0 Å². The monoisotopic (exact) mass is 488 g/mol. The first kappa shape index (κ1) is 34.5. The molecule has 0 aliphatic rings. The van der Waals surface area contributed by atoms with Crippen LogP contribution >= 0.6 is 0 Å². The Hall–Kier alpha value is -2.69. The molecule has 0 saturated heterocycles. The van der Waals surface area contributed by atoms with Crippen molar-refractivity contribution in [3.05, 3.63) is 59.7 Å². The van der Waals surface area contributed by atoms with Crippen LogP contribution in [0.25, 0.3) is 11.3 Å². The van der Waals surface area contributed by atoms with Crippen molar-refractivity contribution >= 4 is 11.5 Å². The maximum atomic E-state index is 13.8. The second-order valence-corrected chi connectivity index (χ2v) is 8.05. The zero-order valence-corrected chi connectivity index (χ0v) is 24.3. The first-order valence-electron chi connectivity index (χ1n) is 12.8. The molecular weight excluding hydrogens is 439 g/mol. The van der Waals surface area contributed by atoms with E-state index in [9.17, 15) is 9.18 Å². The van der Waals surface area contributed by atoms with Gasteiger partial charge < -0.3 is 9.64 Å². The molecule has 4 nitrogen and oxygen atoms in total. The minimum Gasteiger partial charge on any atom is -0.498 e. The molecule has 0 aliphatic carbocycles. The predicted octanol–water partition coefficient (Wildman–Crippen LogP) is 8.60. The maximum Gasteiger partial charge on any atom is 0.155 e. The van der Waals surface area contributed by atoms with Gasteiger partial charge in [0.1, 0.15) is 5.82 Å². The lowest BCUT2D eigenvalue weighted by atomic mass is 9.75. The van der Waals surface area contributed by atoms with E-state index in [1.165, 1.54) is 19.1 Å². The van der Waals surface area contributed by atoms with E-state index in [-0.39, 0.29) is 17.0 Å². The average Bonchev–Trinajstić information content (AvgIpc) is 2.86. The fourth-order valence-electron chi connectivity index (χ4n) is 3.27. The van der Waals surface area contributed by atoms with Crippen LogP contribution in [0.2, 0.25) is 0 Å². The molecule has 0 radical (unpaired) electrons. The van der Waals surface area contributed by atoms with Gasteiger partial charge in [0.25, 0.3) is 0 Å². The number of hydrogen-bond acceptors (Lipinski definition) is 4. The summed E-state index contributed by atoms with van der Waals surface area (Å²) >= 11 is 0. The lowest BCUT2D eigenvalue weighted by molar-refractivity contribution is -0.112. The number of allylic oxidation sites excluding steroid dienone is 2. The summed E-state index contributed by atoms with van der Waals surface area (Å²) < 4.78 is 18.8. The fourth-order valence-corrected chi connectivity index (χ4v) is 3.27. The third kappa shape index (κ3) is 12.0. The topological polar surface area (TPSA) is 42.4 Å². The molecule has 0 aliphatic heterocycles. The first-order chi connectivity index (χ1) is 16.6. The number of carbonyl (C=O) groups excluding carboxylic acids is 1. The average molecular weight is 489 g/mol. The zero-order chi connectivity index (χ0) is 27.6. The Labute approximate surface area is 214 Å². The normalized spacial score (nSPS) is 10.5. The van der Waals surface area contributed by atoms with Crippen molar-refractivity contribution in [2.24, 2.45) is 0 Å². The lowest BCUT2D eigenvalue weighted by Gasteiger charge is -2.30. The number of pyridine rings is 1. The van der Waals surface area contributed by atoms with Crippen LogP contribution < -0.4 is 4.90 Å². The van der Waals surface area contributed by atoms with Crippen LogP contribution in [0.5, 0.6) is 0 Å². The number of nitrogens with zero attached hydrogens (tertiary/aromatic N) is 2. The molecule has 0 bridgehead atoms. The molecule has 198 valence electrons. The van der Waals surface area contributed by atoms with Gasteiger partial charge in [0.05, 0.1) is 18.1 Å². The van der Waals surface area contributed by atoms with Crippen molar-refractivity contribution in [3.8, 4) is 11.3 Å². The molecule has 2 aromatic rings. The Morgan fingerprint density at radius 1 is 1.03 bits per heavy atom. The van der Waals surface area contributed by atoms with Crippen molar-refractivity contribution < 1.29 is 13.9 Å². The van der Waals surface area contributed by atoms with E-state index in [0.717, 1.165) is 35.3 Å². The number of benzene rings is 1. The van der Waals surface area contributed by atoms with Gasteiger partial charge in [0.2, 0.25) is 0 Å². The SMILES string of the molecule is CC.CC.CCC(C)(CC)c1cc(F)ccc1-c1cc(N(C)C)ccn1.CCO/C(C)=C\C(C)=O. The molecule has 0 unspecified atom stereocenters. The number of rotatable bonds is 8. The number of hydrogen-bond donors (Lipinski definition) is 0. The summed E-state index contributed by atoms with van der Waals surface area (Å²) in [6.07, 6.45) is 5.22. The Balaban J connectivity index is 0. The van der Waals surface area contributed by atoms with E-state index in [1.54, 1.807) is 13.0 Å². The zero-order valence-electron chi connectivity index (χ0n) is 24.3. The van der Waals surface area contributed by atoms with Gasteiger partial charge in [-0.15, -0.1) is 0 Å². The standard InChI is InChI=1S/C19H25FN2.C7H12O2.2C2H6/c1-6-19(3,7-2)17-12-14(20)8-9-16(17)18-13-15(22(4)5)10-11-21-18;1-4-9-7(3)5-6(2)8;2*1-2/h8-13H,6-7H2,1-5H3;5H,4H2,1-3H3;2*1-2H3/b;7-5-;;. The molecule has 0 spiro atoms. The maximum absolute atomic E-state index is 13.8. The van der Waals surface area contributed by atoms with E-state index in [2.05, 4.69) is 31.8 Å². The quantitative estimate of drug-likeness (QED) is 0.275. The van der Waals surface area contributed by atoms with Crippen molar-refractivity contribution in [2.45, 2.75) is 87.5 Å². The highest BCUT2D eigenvalue weighted by Crippen LogP contribution is 2.38. The molecule has 2 rings (SSSR count). The van der Waals surface area contributed by atoms with E-state index in [4.69, 9.17) is 4.74 Å². The smallest absolute Gasteiger partial charge is 0.155 e. The van der Waals surface area contributed by atoms with Crippen LogP contribution in [0.15, 0.2) is 48.4 Å². The molecular formula is C30H49FN2O2. The van der Waals surface area contributed by atoms with Gasteiger partial charge in [-0.2, -0.15) is 0 Å². The number of anilines is 1. The number of ether oxygens (including phenoxy) is 1. The van der Waals surface area contributed by atoms with Crippen LogP contribution in [0.3, 0.4) is 0 Å². The third-order valence-corrected chi connectivity index (χ3v) is 5.51. The molecule has 1 heterocycles. The largest absolute Gasteiger partial charge is 0.498 e. The molecule has 1 aromatic carbocycles. The van der Waals surface area contributed by atoms with Gasteiger partial charge in [0, 0.05) is 37.6 Å². The van der Waals surface area contributed by atoms with Gasteiger partial charge in [-0.1, -0.05) is 48.5 Å². The minimum absolute atomic E-state index is 0.0287. The fraction of sp³-hybridized carbons (Fsp3) is 0.533. The summed E-state index contributed by atoms with van der Waals surface area (Å²) in [5.74, 6) is 0.529. The predicted molar refractivity (Wildman–Crippen MR) is 151 cm³/mol. The lowest BCUT2D eigenvalue weighted by Crippen LogP contribution is -2.21. The number of halogens is 1. The van der Waals surface area contributed by atoms with Crippen LogP contribution in [0.4, 0.5) is 10.1 Å². The van der Waals surface area contributed by atoms with Crippen molar-refractivity contribution in [1.82, 2.24) is 4.98 Å². The first-order valence-corrected chi connectivity index (χ1v) is 12.8. The van der Waals surface area contributed by atoms with Gasteiger partial charge in [-0.25, -0.2) is 4.39 Å². The highest BCUT2D eigenvalue weighted by Gasteiger charge is 2.26. The Bertz CT molecular complexity index is 888. The van der Waals surface area contributed by atoms with Crippen molar-refractivity contribution in [3.63, 3.8) is 0 Å². The molecule has 0 atom stereocenters. The van der Waals surface area contributed by atoms with Crippen molar-refractivity contribution in [1.29, 1.82) is 0 Å². The second kappa shape index (κ2) is 18.6. The summed E-state index contributed by atoms with van der Waals surface area (Å²) in [6, 6.07) is 9.09. The molecule has 0 amide bonds. The molecule has 5 heteroatoms. The summed E-state index contributed by atoms with van der Waals surface area (Å²) in [7, 11) is 4.01. The van der Waals surface area contributed by atoms with Crippen LogP contribution in [0, 0.1) is 5.82 Å². The van der Waals surface area contributed by atoms with Gasteiger partial charge >= 0.3 is 0 Å². The van der Waals surface area contributed by atoms with Crippen molar-refractivity contribution in [2.75, 3.05) is 25.6 Å². The molecule has 35 heavy (non-hydrogen) atoms. The molecule has 1 aromatic heterocycles. The Morgan fingerprint density at radius 2 is 1.60 bits per heavy atom. The van der Waals surface area contributed by atoms with Gasteiger partial charge in [-0.3, -0.25) is 9.78 Å². The summed E-state index contributed by atoms with van der Waals surface area (Å²) in [5.41, 5.74) is 4.01. The second-order valence-electron chi connectivity index (χ2n) is 8.05. The minimum atomic E-state index is -0.185. The highest BCUT2D eigenvalue weighted by atomic mass is 19.1. The molecule has 0 N–H and O–H groups in total. The van der Waals surface area contributed by atoms with E-state index < -0.39 is 0 Å². The van der Waals surface area contributed by atoms with Crippen LogP contribution in [0.1, 0.15) is 87.6 Å². The van der Waals surface area contributed by atoms with Crippen LogP contribution in [-0.2, 0) is 14.9 Å². The highest BCUT2D eigenvalue weighted by molar-refractivity contribution is 5.87. The summed E-state index contributed by atoms with van der Waals surface area (Å²) in [5, 5.41) is 0. The third-order valence-electron chi connectivity index (χ3n) is 5.51. The molecule has 0 saturated carbocycles. The number of ketones is 1. The number of aromatic nitrogens is 1. The van der Waals surface area contributed by atoms with Gasteiger partial charge in [0.15, 0.2) is 5.78 Å². The Kier molecular flexibility index (Phi) is 18.3. The summed E-state index contributed by atoms with van der Waals surface area (Å²) in [6.45, 7) is 20.3. The summed E-state index contributed by atoms with van der Waals surface area (Å²) in [4.78, 5) is 16.9. The van der Waals surface area contributed by atoms with Gasteiger partial charge in [-0.05, 0) is 74.9 Å².